The molecule has 0 aromatic carbocycles. The van der Waals surface area contributed by atoms with Crippen LogP contribution in [0.3, 0.4) is 0 Å². The van der Waals surface area contributed by atoms with E-state index in [0.717, 1.165) is 12.8 Å². The summed E-state index contributed by atoms with van der Waals surface area (Å²) in [6, 6.07) is -0.424. The molecule has 12 heavy (non-hydrogen) atoms. The van der Waals surface area contributed by atoms with Crippen molar-refractivity contribution in [3.8, 4) is 0 Å². The number of amides is 1. The molecule has 1 N–H and O–H groups in total. The molecule has 1 aliphatic rings. The largest absolute Gasteiger partial charge is 0.467 e. The molecule has 0 aliphatic heterocycles. The number of esters is 1. The highest BCUT2D eigenvalue weighted by Gasteiger charge is 2.37. The molecule has 1 aliphatic carbocycles. The first-order chi connectivity index (χ1) is 5.65. The van der Waals surface area contributed by atoms with Crippen LogP contribution in [-0.4, -0.2) is 25.0 Å². The maximum absolute atomic E-state index is 11.1. The van der Waals surface area contributed by atoms with E-state index in [-0.39, 0.29) is 11.9 Å². The summed E-state index contributed by atoms with van der Waals surface area (Å²) in [4.78, 5) is 21.8. The van der Waals surface area contributed by atoms with E-state index < -0.39 is 6.04 Å². The van der Waals surface area contributed by atoms with Crippen LogP contribution >= 0.6 is 0 Å². The smallest absolute Gasteiger partial charge is 0.328 e. The molecule has 68 valence electrons. The fourth-order valence-corrected chi connectivity index (χ4v) is 1.14. The molecule has 0 unspecified atom stereocenters. The highest BCUT2D eigenvalue weighted by atomic mass is 16.5. The van der Waals surface area contributed by atoms with Gasteiger partial charge in [0.2, 0.25) is 5.91 Å². The Kier molecular flexibility index (Phi) is 2.68. The number of hydrogen-bond donors (Lipinski definition) is 1. The molecule has 1 saturated carbocycles. The van der Waals surface area contributed by atoms with Crippen LogP contribution in [0.5, 0.6) is 0 Å². The minimum absolute atomic E-state index is 0.183. The predicted molar refractivity (Wildman–Crippen MR) is 42.3 cm³/mol. The molecule has 4 heteroatoms. The van der Waals surface area contributed by atoms with Crippen LogP contribution in [0.2, 0.25) is 0 Å². The average Bonchev–Trinajstić information content (AvgIpc) is 2.81. The van der Waals surface area contributed by atoms with Gasteiger partial charge in [0.05, 0.1) is 7.11 Å². The van der Waals surface area contributed by atoms with Crippen LogP contribution < -0.4 is 5.32 Å². The van der Waals surface area contributed by atoms with E-state index in [4.69, 9.17) is 0 Å². The quantitative estimate of drug-likeness (QED) is 0.611. The molecular formula is C8H13NO3. The van der Waals surface area contributed by atoms with Gasteiger partial charge < -0.3 is 10.1 Å². The van der Waals surface area contributed by atoms with Crippen molar-refractivity contribution in [1.82, 2.24) is 5.32 Å². The first-order valence-electron chi connectivity index (χ1n) is 4.00. The zero-order valence-corrected chi connectivity index (χ0v) is 7.29. The summed E-state index contributed by atoms with van der Waals surface area (Å²) in [6.45, 7) is 1.40. The van der Waals surface area contributed by atoms with Crippen molar-refractivity contribution in [3.63, 3.8) is 0 Å². The Labute approximate surface area is 71.3 Å². The number of carbonyl (C=O) groups is 2. The average molecular weight is 171 g/mol. The van der Waals surface area contributed by atoms with Crippen molar-refractivity contribution in [1.29, 1.82) is 0 Å². The third-order valence-electron chi connectivity index (χ3n) is 1.91. The van der Waals surface area contributed by atoms with E-state index in [9.17, 15) is 9.59 Å². The Hall–Kier alpha value is -1.06. The van der Waals surface area contributed by atoms with Gasteiger partial charge in [0.25, 0.3) is 0 Å². The Balaban J connectivity index is 2.48. The molecule has 0 aromatic heterocycles. The van der Waals surface area contributed by atoms with Crippen molar-refractivity contribution >= 4 is 11.9 Å². The lowest BCUT2D eigenvalue weighted by molar-refractivity contribution is -0.145. The van der Waals surface area contributed by atoms with Crippen LogP contribution in [-0.2, 0) is 14.3 Å². The third kappa shape index (κ3) is 2.22. The van der Waals surface area contributed by atoms with Gasteiger partial charge in [-0.15, -0.1) is 0 Å². The van der Waals surface area contributed by atoms with Gasteiger partial charge in [-0.3, -0.25) is 4.79 Å². The van der Waals surface area contributed by atoms with Crippen molar-refractivity contribution in [2.75, 3.05) is 7.11 Å². The van der Waals surface area contributed by atoms with Crippen LogP contribution in [0.1, 0.15) is 19.8 Å². The standard InChI is InChI=1S/C8H13NO3/c1-5(10)9-7(6-3-4-6)8(11)12-2/h6-7H,3-4H2,1-2H3,(H,9,10)/t7-/m1/s1. The molecule has 0 spiro atoms. The van der Waals surface area contributed by atoms with Gasteiger partial charge in [-0.25, -0.2) is 4.79 Å². The molecule has 0 radical (unpaired) electrons. The molecule has 1 amide bonds. The lowest BCUT2D eigenvalue weighted by Gasteiger charge is -2.13. The highest BCUT2D eigenvalue weighted by Crippen LogP contribution is 2.33. The Bertz CT molecular complexity index is 198. The molecule has 4 nitrogen and oxygen atoms in total. The van der Waals surface area contributed by atoms with Crippen molar-refractivity contribution < 1.29 is 14.3 Å². The zero-order valence-electron chi connectivity index (χ0n) is 7.29. The number of nitrogens with one attached hydrogen (secondary N) is 1. The summed E-state index contributed by atoms with van der Waals surface area (Å²) in [5, 5.41) is 2.58. The summed E-state index contributed by atoms with van der Waals surface area (Å²) < 4.78 is 4.56. The normalized spacial score (nSPS) is 18.2. The van der Waals surface area contributed by atoms with Gasteiger partial charge >= 0.3 is 5.97 Å². The van der Waals surface area contributed by atoms with Gasteiger partial charge in [-0.1, -0.05) is 0 Å². The molecule has 1 atom stereocenters. The second-order valence-corrected chi connectivity index (χ2v) is 3.04. The molecule has 1 rings (SSSR count). The molecule has 0 saturated heterocycles. The summed E-state index contributed by atoms with van der Waals surface area (Å²) in [5.41, 5.74) is 0. The van der Waals surface area contributed by atoms with E-state index in [1.165, 1.54) is 14.0 Å². The second kappa shape index (κ2) is 3.56. The van der Waals surface area contributed by atoms with Crippen molar-refractivity contribution in [3.05, 3.63) is 0 Å². The lowest BCUT2D eigenvalue weighted by atomic mass is 10.2. The molecule has 1 fully saturated rings. The van der Waals surface area contributed by atoms with Gasteiger partial charge in [-0.2, -0.15) is 0 Å². The summed E-state index contributed by atoms with van der Waals surface area (Å²) in [5.74, 6) is -0.230. The minimum Gasteiger partial charge on any atom is -0.467 e. The number of methoxy groups -OCH3 is 1. The Morgan fingerprint density at radius 3 is 2.42 bits per heavy atom. The number of carbonyl (C=O) groups excluding carboxylic acids is 2. The fraction of sp³-hybridized carbons (Fsp3) is 0.750. The van der Waals surface area contributed by atoms with E-state index >= 15 is 0 Å². The number of hydrogen-bond acceptors (Lipinski definition) is 3. The van der Waals surface area contributed by atoms with Crippen LogP contribution in [0.15, 0.2) is 0 Å². The summed E-state index contributed by atoms with van der Waals surface area (Å²) >= 11 is 0. The molecule has 0 bridgehead atoms. The van der Waals surface area contributed by atoms with Crippen molar-refractivity contribution in [2.24, 2.45) is 5.92 Å². The molecule has 0 heterocycles. The predicted octanol–water partition coefficient (Wildman–Crippen LogP) is 0.0741. The Morgan fingerprint density at radius 2 is 2.08 bits per heavy atom. The summed E-state index contributed by atoms with van der Waals surface area (Å²) in [7, 11) is 1.33. The molecule has 0 aromatic rings. The SMILES string of the molecule is COC(=O)[C@H](NC(C)=O)C1CC1. The van der Waals surface area contributed by atoms with Gasteiger partial charge in [-0.05, 0) is 18.8 Å². The molecular weight excluding hydrogens is 158 g/mol. The topological polar surface area (TPSA) is 55.4 Å². The maximum atomic E-state index is 11.1. The first kappa shape index (κ1) is 9.03. The fourth-order valence-electron chi connectivity index (χ4n) is 1.14. The van der Waals surface area contributed by atoms with Crippen LogP contribution in [0, 0.1) is 5.92 Å². The van der Waals surface area contributed by atoms with Crippen LogP contribution in [0.4, 0.5) is 0 Å². The third-order valence-corrected chi connectivity index (χ3v) is 1.91. The lowest BCUT2D eigenvalue weighted by Crippen LogP contribution is -2.41. The monoisotopic (exact) mass is 171 g/mol. The van der Waals surface area contributed by atoms with E-state index in [1.54, 1.807) is 0 Å². The number of rotatable bonds is 3. The summed E-state index contributed by atoms with van der Waals surface area (Å²) in [6.07, 6.45) is 2.00. The van der Waals surface area contributed by atoms with E-state index in [1.807, 2.05) is 0 Å². The second-order valence-electron chi connectivity index (χ2n) is 3.04. The zero-order chi connectivity index (χ0) is 9.14. The van der Waals surface area contributed by atoms with Gasteiger partial charge in [0, 0.05) is 6.92 Å². The Morgan fingerprint density at radius 1 is 1.50 bits per heavy atom. The van der Waals surface area contributed by atoms with Gasteiger partial charge in [0.15, 0.2) is 0 Å². The minimum atomic E-state index is -0.424. The van der Waals surface area contributed by atoms with E-state index in [0.29, 0.717) is 5.92 Å². The number of ether oxygens (including phenoxy) is 1. The maximum Gasteiger partial charge on any atom is 0.328 e. The highest BCUT2D eigenvalue weighted by molar-refractivity contribution is 5.83. The van der Waals surface area contributed by atoms with Gasteiger partial charge in [0.1, 0.15) is 6.04 Å². The van der Waals surface area contributed by atoms with E-state index in [2.05, 4.69) is 10.1 Å². The van der Waals surface area contributed by atoms with Crippen molar-refractivity contribution in [2.45, 2.75) is 25.8 Å². The van der Waals surface area contributed by atoms with Crippen LogP contribution in [0.25, 0.3) is 0 Å². The first-order valence-corrected chi connectivity index (χ1v) is 4.00.